The predicted octanol–water partition coefficient (Wildman–Crippen LogP) is 1.70. The van der Waals surface area contributed by atoms with Gasteiger partial charge in [-0.3, -0.25) is 14.5 Å². The molecular formula is C20H28N4O3. The Morgan fingerprint density at radius 1 is 1.19 bits per heavy atom. The monoisotopic (exact) mass is 372 g/mol. The van der Waals surface area contributed by atoms with Gasteiger partial charge in [-0.2, -0.15) is 5.10 Å². The lowest BCUT2D eigenvalue weighted by Crippen LogP contribution is -2.39. The molecule has 0 fully saturated rings. The summed E-state index contributed by atoms with van der Waals surface area (Å²) < 4.78 is 6.22. The van der Waals surface area contributed by atoms with E-state index in [0.29, 0.717) is 19.7 Å². The molecule has 1 aromatic heterocycles. The van der Waals surface area contributed by atoms with Crippen molar-refractivity contribution in [1.82, 2.24) is 20.0 Å². The molecule has 146 valence electrons. The van der Waals surface area contributed by atoms with Crippen LogP contribution < -0.4 is 10.9 Å². The Balaban J connectivity index is 2.12. The molecule has 1 heterocycles. The van der Waals surface area contributed by atoms with Crippen LogP contribution in [0.2, 0.25) is 0 Å². The first kappa shape index (κ1) is 20.8. The van der Waals surface area contributed by atoms with Gasteiger partial charge in [-0.25, -0.2) is 4.68 Å². The van der Waals surface area contributed by atoms with E-state index in [-0.39, 0.29) is 23.2 Å². The van der Waals surface area contributed by atoms with E-state index >= 15 is 0 Å². The van der Waals surface area contributed by atoms with Crippen molar-refractivity contribution >= 4 is 5.91 Å². The summed E-state index contributed by atoms with van der Waals surface area (Å²) in [5.74, 6) is -0.297. The topological polar surface area (TPSA) is 76.5 Å². The van der Waals surface area contributed by atoms with Crippen molar-refractivity contribution in [2.24, 2.45) is 0 Å². The first-order valence-corrected chi connectivity index (χ1v) is 9.25. The molecule has 0 spiro atoms. The minimum atomic E-state index is -0.297. The van der Waals surface area contributed by atoms with Crippen molar-refractivity contribution in [3.8, 4) is 0 Å². The summed E-state index contributed by atoms with van der Waals surface area (Å²) in [6.45, 7) is 7.10. The number of aromatic nitrogens is 2. The van der Waals surface area contributed by atoms with Gasteiger partial charge >= 0.3 is 0 Å². The molecule has 0 bridgehead atoms. The number of amides is 1. The Hall–Kier alpha value is -2.51. The van der Waals surface area contributed by atoms with E-state index in [1.165, 1.54) is 16.8 Å². The summed E-state index contributed by atoms with van der Waals surface area (Å²) in [6.07, 6.45) is 0. The summed E-state index contributed by atoms with van der Waals surface area (Å²) >= 11 is 0. The standard InChI is InChI=1S/C20H28N4O3/c1-4-23(5-2)18(16-9-7-6-8-10-16)15-21-20(26)17-11-12-19(25)24(22-17)13-14-27-3/h6-12,18H,4-5,13-15H2,1-3H3,(H,21,26)/t18-/m1/s1. The fourth-order valence-corrected chi connectivity index (χ4v) is 2.99. The molecular weight excluding hydrogens is 344 g/mol. The van der Waals surface area contributed by atoms with Gasteiger partial charge in [-0.05, 0) is 24.7 Å². The molecule has 2 rings (SSSR count). The zero-order valence-electron chi connectivity index (χ0n) is 16.2. The molecule has 7 heteroatoms. The smallest absolute Gasteiger partial charge is 0.271 e. The van der Waals surface area contributed by atoms with Gasteiger partial charge in [0, 0.05) is 19.7 Å². The molecule has 0 aliphatic heterocycles. The minimum Gasteiger partial charge on any atom is -0.383 e. The highest BCUT2D eigenvalue weighted by atomic mass is 16.5. The number of hydrogen-bond acceptors (Lipinski definition) is 5. The van der Waals surface area contributed by atoms with Crippen LogP contribution in [0.3, 0.4) is 0 Å². The van der Waals surface area contributed by atoms with Gasteiger partial charge in [0.2, 0.25) is 0 Å². The maximum absolute atomic E-state index is 12.6. The maximum Gasteiger partial charge on any atom is 0.271 e. The molecule has 0 saturated carbocycles. The minimum absolute atomic E-state index is 0.0737. The number of likely N-dealkylation sites (N-methyl/N-ethyl adjacent to an activating group) is 1. The van der Waals surface area contributed by atoms with Gasteiger partial charge in [-0.15, -0.1) is 0 Å². The largest absolute Gasteiger partial charge is 0.383 e. The van der Waals surface area contributed by atoms with Crippen LogP contribution >= 0.6 is 0 Å². The van der Waals surface area contributed by atoms with Gasteiger partial charge < -0.3 is 10.1 Å². The van der Waals surface area contributed by atoms with Crippen LogP contribution in [0.15, 0.2) is 47.3 Å². The average molecular weight is 372 g/mol. The molecule has 0 aliphatic carbocycles. The molecule has 0 unspecified atom stereocenters. The Bertz CT molecular complexity index is 772. The van der Waals surface area contributed by atoms with Gasteiger partial charge in [0.05, 0.1) is 19.2 Å². The number of rotatable bonds is 10. The zero-order valence-corrected chi connectivity index (χ0v) is 16.2. The van der Waals surface area contributed by atoms with Crippen LogP contribution in [0.1, 0.15) is 35.9 Å². The molecule has 1 amide bonds. The first-order valence-electron chi connectivity index (χ1n) is 9.25. The SMILES string of the molecule is CCN(CC)[C@H](CNC(=O)c1ccc(=O)n(CCOC)n1)c1ccccc1. The second kappa shape index (κ2) is 10.6. The number of ether oxygens (including phenoxy) is 1. The lowest BCUT2D eigenvalue weighted by Gasteiger charge is -2.30. The van der Waals surface area contributed by atoms with Crippen LogP contribution in [0, 0.1) is 0 Å². The van der Waals surface area contributed by atoms with Gasteiger partial charge in [-0.1, -0.05) is 44.2 Å². The molecule has 27 heavy (non-hydrogen) atoms. The third-order valence-corrected chi connectivity index (χ3v) is 4.50. The number of nitrogens with zero attached hydrogens (tertiary/aromatic N) is 3. The number of hydrogen-bond donors (Lipinski definition) is 1. The van der Waals surface area contributed by atoms with E-state index in [0.717, 1.165) is 18.7 Å². The zero-order chi connectivity index (χ0) is 19.6. The quantitative estimate of drug-likeness (QED) is 0.687. The summed E-state index contributed by atoms with van der Waals surface area (Å²) in [4.78, 5) is 26.7. The summed E-state index contributed by atoms with van der Waals surface area (Å²) in [5.41, 5.74) is 1.12. The number of benzene rings is 1. The molecule has 0 aliphatic rings. The normalized spacial score (nSPS) is 12.1. The maximum atomic E-state index is 12.6. The van der Waals surface area contributed by atoms with Crippen LogP contribution in [0.4, 0.5) is 0 Å². The van der Waals surface area contributed by atoms with Crippen LogP contribution in [-0.4, -0.2) is 53.9 Å². The third-order valence-electron chi connectivity index (χ3n) is 4.50. The van der Waals surface area contributed by atoms with Crippen molar-refractivity contribution in [2.75, 3.05) is 33.4 Å². The molecule has 0 radical (unpaired) electrons. The highest BCUT2D eigenvalue weighted by Gasteiger charge is 2.19. The molecule has 1 atom stereocenters. The van der Waals surface area contributed by atoms with Crippen molar-refractivity contribution in [3.05, 3.63) is 64.1 Å². The fraction of sp³-hybridized carbons (Fsp3) is 0.450. The molecule has 7 nitrogen and oxygen atoms in total. The number of nitrogens with one attached hydrogen (secondary N) is 1. The Labute approximate surface area is 160 Å². The van der Waals surface area contributed by atoms with E-state index in [2.05, 4.69) is 41.3 Å². The summed E-state index contributed by atoms with van der Waals surface area (Å²) in [5, 5.41) is 7.10. The molecule has 1 N–H and O–H groups in total. The molecule has 1 aromatic carbocycles. The van der Waals surface area contributed by atoms with E-state index < -0.39 is 0 Å². The molecule has 0 saturated heterocycles. The number of carbonyl (C=O) groups is 1. The van der Waals surface area contributed by atoms with Crippen LogP contribution in [-0.2, 0) is 11.3 Å². The third kappa shape index (κ3) is 5.74. The van der Waals surface area contributed by atoms with E-state index in [9.17, 15) is 9.59 Å². The highest BCUT2D eigenvalue weighted by molar-refractivity contribution is 5.92. The van der Waals surface area contributed by atoms with E-state index in [1.54, 1.807) is 7.11 Å². The fourth-order valence-electron chi connectivity index (χ4n) is 2.99. The van der Waals surface area contributed by atoms with Crippen molar-refractivity contribution in [3.63, 3.8) is 0 Å². The number of carbonyl (C=O) groups excluding carboxylic acids is 1. The second-order valence-corrected chi connectivity index (χ2v) is 6.13. The highest BCUT2D eigenvalue weighted by Crippen LogP contribution is 2.19. The number of methoxy groups -OCH3 is 1. The predicted molar refractivity (Wildman–Crippen MR) is 105 cm³/mol. The first-order chi connectivity index (χ1) is 13.1. The van der Waals surface area contributed by atoms with Gasteiger partial charge in [0.25, 0.3) is 11.5 Å². The Morgan fingerprint density at radius 2 is 1.89 bits per heavy atom. The van der Waals surface area contributed by atoms with Crippen LogP contribution in [0.5, 0.6) is 0 Å². The Morgan fingerprint density at radius 3 is 2.52 bits per heavy atom. The van der Waals surface area contributed by atoms with Gasteiger partial charge in [0.1, 0.15) is 5.69 Å². The van der Waals surface area contributed by atoms with E-state index in [1.807, 2.05) is 18.2 Å². The summed E-state index contributed by atoms with van der Waals surface area (Å²) in [6, 6.07) is 13.0. The van der Waals surface area contributed by atoms with Crippen molar-refractivity contribution in [1.29, 1.82) is 0 Å². The van der Waals surface area contributed by atoms with Crippen LogP contribution in [0.25, 0.3) is 0 Å². The second-order valence-electron chi connectivity index (χ2n) is 6.13. The molecule has 2 aromatic rings. The van der Waals surface area contributed by atoms with Crippen molar-refractivity contribution < 1.29 is 9.53 Å². The van der Waals surface area contributed by atoms with E-state index in [4.69, 9.17) is 4.74 Å². The summed E-state index contributed by atoms with van der Waals surface area (Å²) in [7, 11) is 1.55. The lowest BCUT2D eigenvalue weighted by atomic mass is 10.1. The average Bonchev–Trinajstić information content (AvgIpc) is 2.71. The lowest BCUT2D eigenvalue weighted by molar-refractivity contribution is 0.0926. The Kier molecular flexibility index (Phi) is 8.16. The van der Waals surface area contributed by atoms with Gasteiger partial charge in [0.15, 0.2) is 0 Å². The van der Waals surface area contributed by atoms with Crippen molar-refractivity contribution in [2.45, 2.75) is 26.4 Å².